The van der Waals surface area contributed by atoms with E-state index < -0.39 is 11.1 Å². The Morgan fingerprint density at radius 3 is 1.20 bits per heavy atom. The number of halogens is 4. The molecule has 0 radical (unpaired) electrons. The van der Waals surface area contributed by atoms with Gasteiger partial charge in [0.2, 0.25) is 0 Å². The molecule has 0 aliphatic carbocycles. The van der Waals surface area contributed by atoms with Crippen LogP contribution < -0.4 is 10.6 Å². The number of azo groups is 1. The molecule has 0 spiro atoms. The van der Waals surface area contributed by atoms with Gasteiger partial charge in [0.25, 0.3) is 0 Å². The van der Waals surface area contributed by atoms with E-state index in [0.29, 0.717) is 10.0 Å². The van der Waals surface area contributed by atoms with Crippen molar-refractivity contribution in [2.45, 2.75) is 38.8 Å². The molecular formula is C20H26Cl4N6. The number of nitrogens with one attached hydrogen (secondary N) is 4. The van der Waals surface area contributed by atoms with E-state index in [-0.39, 0.29) is 36.5 Å². The van der Waals surface area contributed by atoms with E-state index in [1.54, 1.807) is 76.2 Å². The second-order valence-electron chi connectivity index (χ2n) is 7.33. The summed E-state index contributed by atoms with van der Waals surface area (Å²) in [6, 6.07) is 14.2. The molecule has 0 saturated heterocycles. The summed E-state index contributed by atoms with van der Waals surface area (Å²) in [6.45, 7) is 7.14. The molecule has 0 unspecified atom stereocenters. The van der Waals surface area contributed by atoms with Crippen LogP contribution in [0.1, 0.15) is 27.7 Å². The zero-order valence-electron chi connectivity index (χ0n) is 17.1. The second kappa shape index (κ2) is 11.5. The highest BCUT2D eigenvalue weighted by molar-refractivity contribution is 6.31. The van der Waals surface area contributed by atoms with Crippen LogP contribution in [-0.2, 0) is 0 Å². The number of anilines is 2. The van der Waals surface area contributed by atoms with E-state index in [0.717, 1.165) is 11.4 Å². The molecule has 0 atom stereocenters. The molecule has 0 saturated carbocycles. The van der Waals surface area contributed by atoms with Crippen LogP contribution in [0.2, 0.25) is 10.0 Å². The normalized spacial score (nSPS) is 11.3. The van der Waals surface area contributed by atoms with Crippen molar-refractivity contribution in [1.29, 1.82) is 10.8 Å². The maximum Gasteiger partial charge on any atom is 0.133 e. The smallest absolute Gasteiger partial charge is 0.133 e. The molecule has 0 heterocycles. The largest absolute Gasteiger partial charge is 0.342 e. The average Bonchev–Trinajstić information content (AvgIpc) is 2.64. The molecule has 6 nitrogen and oxygen atoms in total. The van der Waals surface area contributed by atoms with E-state index in [2.05, 4.69) is 20.9 Å². The Morgan fingerprint density at radius 2 is 0.933 bits per heavy atom. The van der Waals surface area contributed by atoms with Gasteiger partial charge >= 0.3 is 0 Å². The standard InChI is InChI=1S/C20H24Cl2N6.2ClH/c1-19(2,17(23)25-15-9-5-13(21)6-10-15)27-28-20(3,4)18(24)26-16-11-7-14(22)8-12-16;;/h5-12H,1-4H3,(H2,23,25)(H2,24,26);2*1H/b28-27+;;. The van der Waals surface area contributed by atoms with Crippen molar-refractivity contribution in [2.75, 3.05) is 10.6 Å². The Labute approximate surface area is 199 Å². The third-order valence-electron chi connectivity index (χ3n) is 4.00. The minimum atomic E-state index is -0.891. The first kappa shape index (κ1) is 28.1. The van der Waals surface area contributed by atoms with Gasteiger partial charge in [-0.15, -0.1) is 24.8 Å². The first-order valence-corrected chi connectivity index (χ1v) is 9.42. The lowest BCUT2D eigenvalue weighted by Crippen LogP contribution is -2.38. The lowest BCUT2D eigenvalue weighted by Gasteiger charge is -2.25. The monoisotopic (exact) mass is 490 g/mol. The van der Waals surface area contributed by atoms with Crippen molar-refractivity contribution in [1.82, 2.24) is 0 Å². The van der Waals surface area contributed by atoms with Crippen molar-refractivity contribution in [2.24, 2.45) is 10.2 Å². The van der Waals surface area contributed by atoms with Crippen LogP contribution in [0.15, 0.2) is 58.8 Å². The van der Waals surface area contributed by atoms with E-state index in [1.807, 2.05) is 0 Å². The fraction of sp³-hybridized carbons (Fsp3) is 0.300. The maximum atomic E-state index is 8.32. The van der Waals surface area contributed by atoms with Gasteiger partial charge in [0.15, 0.2) is 0 Å². The molecule has 30 heavy (non-hydrogen) atoms. The molecule has 0 aliphatic heterocycles. The minimum Gasteiger partial charge on any atom is -0.342 e. The number of benzene rings is 2. The van der Waals surface area contributed by atoms with Crippen molar-refractivity contribution < 1.29 is 0 Å². The topological polar surface area (TPSA) is 96.5 Å². The summed E-state index contributed by atoms with van der Waals surface area (Å²) in [4.78, 5) is 0. The summed E-state index contributed by atoms with van der Waals surface area (Å²) < 4.78 is 0. The Morgan fingerprint density at radius 1 is 0.667 bits per heavy atom. The number of hydrogen-bond donors (Lipinski definition) is 4. The van der Waals surface area contributed by atoms with Gasteiger partial charge < -0.3 is 10.6 Å². The molecule has 0 bridgehead atoms. The molecule has 0 aliphatic rings. The predicted molar refractivity (Wildman–Crippen MR) is 133 cm³/mol. The zero-order chi connectivity index (χ0) is 20.9. The van der Waals surface area contributed by atoms with Crippen LogP contribution in [0, 0.1) is 10.8 Å². The summed E-state index contributed by atoms with van der Waals surface area (Å²) in [7, 11) is 0. The maximum absolute atomic E-state index is 8.32. The molecule has 0 aromatic heterocycles. The highest BCUT2D eigenvalue weighted by atomic mass is 35.5. The zero-order valence-corrected chi connectivity index (χ0v) is 20.2. The summed E-state index contributed by atoms with van der Waals surface area (Å²) in [5.74, 6) is 0.373. The van der Waals surface area contributed by atoms with Crippen LogP contribution >= 0.6 is 48.0 Å². The summed E-state index contributed by atoms with van der Waals surface area (Å²) in [5, 5.41) is 32.6. The fourth-order valence-corrected chi connectivity index (χ4v) is 2.26. The van der Waals surface area contributed by atoms with Crippen molar-refractivity contribution in [3.8, 4) is 0 Å². The van der Waals surface area contributed by atoms with Crippen molar-refractivity contribution in [3.63, 3.8) is 0 Å². The van der Waals surface area contributed by atoms with Crippen LogP contribution in [0.4, 0.5) is 11.4 Å². The van der Waals surface area contributed by atoms with Crippen LogP contribution in [-0.4, -0.2) is 22.7 Å². The summed E-state index contributed by atoms with van der Waals surface area (Å²) in [5.41, 5.74) is -0.294. The van der Waals surface area contributed by atoms with E-state index in [9.17, 15) is 0 Å². The van der Waals surface area contributed by atoms with Gasteiger partial charge in [0.05, 0.1) is 0 Å². The SMILES string of the molecule is CC(C)(/N=N/C(C)(C)C(=N)Nc1ccc(Cl)cc1)C(=N)Nc1ccc(Cl)cc1.Cl.Cl. The number of nitrogens with zero attached hydrogens (tertiary/aromatic N) is 2. The highest BCUT2D eigenvalue weighted by Gasteiger charge is 2.28. The van der Waals surface area contributed by atoms with Gasteiger partial charge in [-0.25, -0.2) is 0 Å². The Bertz CT molecular complexity index is 804. The molecule has 164 valence electrons. The average molecular weight is 492 g/mol. The first-order chi connectivity index (χ1) is 13.0. The molecule has 2 aromatic carbocycles. The van der Waals surface area contributed by atoms with Crippen LogP contribution in [0.5, 0.6) is 0 Å². The van der Waals surface area contributed by atoms with Gasteiger partial charge in [-0.2, -0.15) is 10.2 Å². The lowest BCUT2D eigenvalue weighted by atomic mass is 10.0. The second-order valence-corrected chi connectivity index (χ2v) is 8.20. The van der Waals surface area contributed by atoms with Gasteiger partial charge in [-0.1, -0.05) is 23.2 Å². The number of amidine groups is 2. The minimum absolute atomic E-state index is 0. The van der Waals surface area contributed by atoms with Gasteiger partial charge in [-0.3, -0.25) is 10.8 Å². The van der Waals surface area contributed by atoms with Crippen LogP contribution in [0.3, 0.4) is 0 Å². The molecule has 10 heteroatoms. The molecule has 4 N–H and O–H groups in total. The molecular weight excluding hydrogens is 466 g/mol. The molecule has 2 aromatic rings. The number of rotatable bonds is 6. The van der Waals surface area contributed by atoms with Gasteiger partial charge in [0, 0.05) is 21.4 Å². The Balaban J connectivity index is 0.00000420. The van der Waals surface area contributed by atoms with Crippen molar-refractivity contribution in [3.05, 3.63) is 58.6 Å². The third-order valence-corrected chi connectivity index (χ3v) is 4.50. The van der Waals surface area contributed by atoms with Gasteiger partial charge in [0.1, 0.15) is 22.7 Å². The van der Waals surface area contributed by atoms with E-state index >= 15 is 0 Å². The Kier molecular flexibility index (Phi) is 10.8. The van der Waals surface area contributed by atoms with Crippen molar-refractivity contribution >= 4 is 71.1 Å². The molecule has 0 amide bonds. The van der Waals surface area contributed by atoms with Gasteiger partial charge in [-0.05, 0) is 76.2 Å². The summed E-state index contributed by atoms with van der Waals surface area (Å²) >= 11 is 11.8. The van der Waals surface area contributed by atoms with E-state index in [1.165, 1.54) is 0 Å². The quantitative estimate of drug-likeness (QED) is 0.193. The third kappa shape index (κ3) is 8.11. The molecule has 0 fully saturated rings. The fourth-order valence-electron chi connectivity index (χ4n) is 2.01. The van der Waals surface area contributed by atoms with Crippen LogP contribution in [0.25, 0.3) is 0 Å². The summed E-state index contributed by atoms with van der Waals surface area (Å²) in [6.07, 6.45) is 0. The number of hydrogen-bond acceptors (Lipinski definition) is 4. The molecule has 2 rings (SSSR count). The lowest BCUT2D eigenvalue weighted by molar-refractivity contribution is 0.561. The predicted octanol–water partition coefficient (Wildman–Crippen LogP) is 7.32. The highest BCUT2D eigenvalue weighted by Crippen LogP contribution is 2.22. The Hall–Kier alpha value is -1.86. The van der Waals surface area contributed by atoms with E-state index in [4.69, 9.17) is 34.0 Å². The first-order valence-electron chi connectivity index (χ1n) is 8.67.